The lowest BCUT2D eigenvalue weighted by Crippen LogP contribution is -2.10. The highest BCUT2D eigenvalue weighted by Gasteiger charge is 2.28. The zero-order valence-electron chi connectivity index (χ0n) is 9.01. The van der Waals surface area contributed by atoms with Gasteiger partial charge in [0.15, 0.2) is 5.78 Å². The fourth-order valence-electron chi connectivity index (χ4n) is 1.63. The number of fused-ring (bicyclic) bond motifs is 1. The van der Waals surface area contributed by atoms with Crippen LogP contribution in [0.4, 0.5) is 13.2 Å². The van der Waals surface area contributed by atoms with Crippen LogP contribution < -0.4 is 0 Å². The van der Waals surface area contributed by atoms with Crippen LogP contribution in [0, 0.1) is 0 Å². The van der Waals surface area contributed by atoms with Crippen LogP contribution in [0.2, 0.25) is 5.02 Å². The summed E-state index contributed by atoms with van der Waals surface area (Å²) in [4.78, 5) is 18.4. The number of aromatic amines is 1. The lowest BCUT2D eigenvalue weighted by Gasteiger charge is -2.04. The Hall–Kier alpha value is -1.56. The van der Waals surface area contributed by atoms with Crippen LogP contribution >= 0.6 is 11.6 Å². The average Bonchev–Trinajstić information content (AvgIpc) is 2.70. The molecule has 7 heteroatoms. The molecule has 2 rings (SSSR count). The number of halogens is 4. The summed E-state index contributed by atoms with van der Waals surface area (Å²) in [5.41, 5.74) is 0.533. The minimum atomic E-state index is -4.34. The Morgan fingerprint density at radius 3 is 2.83 bits per heavy atom. The van der Waals surface area contributed by atoms with Crippen molar-refractivity contribution in [2.45, 2.75) is 19.0 Å². The van der Waals surface area contributed by atoms with E-state index in [1.807, 2.05) is 0 Å². The SMILES string of the molecule is O=C(CCC(F)(F)F)c1c[nH]c2nccc(Cl)c12. The molecular formula is C11H8ClF3N2O. The number of pyridine rings is 1. The summed E-state index contributed by atoms with van der Waals surface area (Å²) in [5.74, 6) is -0.603. The van der Waals surface area contributed by atoms with Crippen LogP contribution in [-0.4, -0.2) is 21.9 Å². The van der Waals surface area contributed by atoms with E-state index in [2.05, 4.69) is 9.97 Å². The van der Waals surface area contributed by atoms with E-state index in [4.69, 9.17) is 11.6 Å². The Kier molecular flexibility index (Phi) is 3.30. The number of carbonyl (C=O) groups excluding carboxylic acids is 1. The summed E-state index contributed by atoms with van der Waals surface area (Å²) in [7, 11) is 0. The van der Waals surface area contributed by atoms with Gasteiger partial charge in [-0.05, 0) is 6.07 Å². The Balaban J connectivity index is 2.29. The molecule has 96 valence electrons. The first-order valence-corrected chi connectivity index (χ1v) is 5.48. The third kappa shape index (κ3) is 2.64. The minimum absolute atomic E-state index is 0.146. The second-order valence-corrected chi connectivity index (χ2v) is 4.16. The molecule has 0 spiro atoms. The third-order valence-corrected chi connectivity index (χ3v) is 2.77. The first-order chi connectivity index (χ1) is 8.38. The van der Waals surface area contributed by atoms with Gasteiger partial charge in [-0.25, -0.2) is 4.98 Å². The molecule has 2 aromatic rings. The second kappa shape index (κ2) is 4.61. The summed E-state index contributed by atoms with van der Waals surface area (Å²) in [5, 5.41) is 0.656. The van der Waals surface area contributed by atoms with Gasteiger partial charge in [-0.1, -0.05) is 11.6 Å². The fourth-order valence-corrected chi connectivity index (χ4v) is 1.87. The Labute approximate surface area is 105 Å². The highest BCUT2D eigenvalue weighted by atomic mass is 35.5. The summed E-state index contributed by atoms with van der Waals surface area (Å²) in [6, 6.07) is 1.48. The molecular weight excluding hydrogens is 269 g/mol. The van der Waals surface area contributed by atoms with E-state index in [1.54, 1.807) is 0 Å². The van der Waals surface area contributed by atoms with Crippen molar-refractivity contribution in [1.82, 2.24) is 9.97 Å². The number of hydrogen-bond donors (Lipinski definition) is 1. The van der Waals surface area contributed by atoms with E-state index in [0.29, 0.717) is 11.0 Å². The zero-order valence-corrected chi connectivity index (χ0v) is 9.77. The molecule has 3 nitrogen and oxygen atoms in total. The Bertz CT molecular complexity index is 591. The number of nitrogens with zero attached hydrogens (tertiary/aromatic N) is 1. The van der Waals surface area contributed by atoms with Crippen molar-refractivity contribution in [3.05, 3.63) is 29.0 Å². The lowest BCUT2D eigenvalue weighted by atomic mass is 10.1. The van der Waals surface area contributed by atoms with Gasteiger partial charge in [0.05, 0.1) is 11.4 Å². The standard InChI is InChI=1S/C11H8ClF3N2O/c12-7-2-4-16-10-9(7)6(5-17-10)8(18)1-3-11(13,14)15/h2,4-5H,1,3H2,(H,16,17). The molecule has 2 heterocycles. The van der Waals surface area contributed by atoms with Gasteiger partial charge in [0, 0.05) is 29.8 Å². The van der Waals surface area contributed by atoms with Crippen LogP contribution in [-0.2, 0) is 0 Å². The van der Waals surface area contributed by atoms with Crippen molar-refractivity contribution in [3.63, 3.8) is 0 Å². The van der Waals surface area contributed by atoms with E-state index >= 15 is 0 Å². The summed E-state index contributed by atoms with van der Waals surface area (Å²) < 4.78 is 36.2. The molecule has 0 saturated carbocycles. The molecule has 1 N–H and O–H groups in total. The van der Waals surface area contributed by atoms with E-state index in [9.17, 15) is 18.0 Å². The molecule has 0 aliphatic rings. The number of rotatable bonds is 3. The summed E-state index contributed by atoms with van der Waals surface area (Å²) in [6.07, 6.45) is -3.30. The maximum Gasteiger partial charge on any atom is 0.389 e. The predicted octanol–water partition coefficient (Wildman–Crippen LogP) is 3.74. The smallest absolute Gasteiger partial charge is 0.345 e. The molecule has 0 fully saturated rings. The molecule has 0 saturated heterocycles. The van der Waals surface area contributed by atoms with Gasteiger partial charge in [-0.3, -0.25) is 4.79 Å². The van der Waals surface area contributed by atoms with Crippen molar-refractivity contribution in [3.8, 4) is 0 Å². The quantitative estimate of drug-likeness (QED) is 0.868. The average molecular weight is 277 g/mol. The van der Waals surface area contributed by atoms with Gasteiger partial charge in [-0.2, -0.15) is 13.2 Å². The molecule has 0 atom stereocenters. The van der Waals surface area contributed by atoms with Gasteiger partial charge in [0.1, 0.15) is 5.65 Å². The number of nitrogens with one attached hydrogen (secondary N) is 1. The van der Waals surface area contributed by atoms with Crippen LogP contribution in [0.1, 0.15) is 23.2 Å². The monoisotopic (exact) mass is 276 g/mol. The van der Waals surface area contributed by atoms with Gasteiger partial charge in [-0.15, -0.1) is 0 Å². The summed E-state index contributed by atoms with van der Waals surface area (Å²) in [6.45, 7) is 0. The van der Waals surface area contributed by atoms with Crippen molar-refractivity contribution < 1.29 is 18.0 Å². The van der Waals surface area contributed by atoms with Crippen molar-refractivity contribution in [1.29, 1.82) is 0 Å². The Morgan fingerprint density at radius 2 is 2.17 bits per heavy atom. The number of ketones is 1. The van der Waals surface area contributed by atoms with E-state index in [0.717, 1.165) is 0 Å². The highest BCUT2D eigenvalue weighted by Crippen LogP contribution is 2.28. The molecule has 2 aromatic heterocycles. The lowest BCUT2D eigenvalue weighted by molar-refractivity contribution is -0.133. The van der Waals surface area contributed by atoms with Gasteiger partial charge in [0.25, 0.3) is 0 Å². The molecule has 0 amide bonds. The predicted molar refractivity (Wildman–Crippen MR) is 60.7 cm³/mol. The van der Waals surface area contributed by atoms with Crippen molar-refractivity contribution in [2.75, 3.05) is 0 Å². The van der Waals surface area contributed by atoms with Gasteiger partial charge < -0.3 is 4.98 Å². The van der Waals surface area contributed by atoms with Crippen molar-refractivity contribution >= 4 is 28.4 Å². The summed E-state index contributed by atoms with van der Waals surface area (Å²) >= 11 is 5.90. The second-order valence-electron chi connectivity index (χ2n) is 3.76. The van der Waals surface area contributed by atoms with Crippen LogP contribution in [0.5, 0.6) is 0 Å². The number of hydrogen-bond acceptors (Lipinski definition) is 2. The number of alkyl halides is 3. The molecule has 0 unspecified atom stereocenters. The fraction of sp³-hybridized carbons (Fsp3) is 0.273. The third-order valence-electron chi connectivity index (χ3n) is 2.46. The number of Topliss-reactive ketones (excluding diaryl/α,β-unsaturated/α-hetero) is 1. The molecule has 0 aliphatic heterocycles. The largest absolute Gasteiger partial charge is 0.389 e. The van der Waals surface area contributed by atoms with E-state index in [-0.39, 0.29) is 10.6 Å². The van der Waals surface area contributed by atoms with Crippen LogP contribution in [0.15, 0.2) is 18.5 Å². The highest BCUT2D eigenvalue weighted by molar-refractivity contribution is 6.36. The van der Waals surface area contributed by atoms with Gasteiger partial charge >= 0.3 is 6.18 Å². The first-order valence-electron chi connectivity index (χ1n) is 5.10. The molecule has 0 aromatic carbocycles. The van der Waals surface area contributed by atoms with E-state index < -0.39 is 24.8 Å². The molecule has 0 radical (unpaired) electrons. The maximum absolute atomic E-state index is 12.1. The molecule has 18 heavy (non-hydrogen) atoms. The molecule has 0 aliphatic carbocycles. The number of H-pyrrole nitrogens is 1. The zero-order chi connectivity index (χ0) is 13.3. The van der Waals surface area contributed by atoms with Crippen LogP contribution in [0.3, 0.4) is 0 Å². The first kappa shape index (κ1) is 12.9. The minimum Gasteiger partial charge on any atom is -0.345 e. The number of aromatic nitrogens is 2. The van der Waals surface area contributed by atoms with Gasteiger partial charge in [0.2, 0.25) is 0 Å². The van der Waals surface area contributed by atoms with E-state index in [1.165, 1.54) is 18.5 Å². The van der Waals surface area contributed by atoms with Crippen molar-refractivity contribution in [2.24, 2.45) is 0 Å². The number of carbonyl (C=O) groups is 1. The Morgan fingerprint density at radius 1 is 1.44 bits per heavy atom. The topological polar surface area (TPSA) is 45.8 Å². The maximum atomic E-state index is 12.1. The molecule has 0 bridgehead atoms. The normalized spacial score (nSPS) is 12.0. The van der Waals surface area contributed by atoms with Crippen LogP contribution in [0.25, 0.3) is 11.0 Å².